The lowest BCUT2D eigenvalue weighted by Gasteiger charge is -2.00. The Kier molecular flexibility index (Phi) is 1.77. The van der Waals surface area contributed by atoms with E-state index in [1.54, 1.807) is 6.20 Å². The molecule has 4 rings (SSSR count). The molecule has 5 heteroatoms. The van der Waals surface area contributed by atoms with E-state index in [1.807, 2.05) is 41.2 Å². The number of aromatic nitrogens is 5. The molecule has 0 amide bonds. The predicted molar refractivity (Wildman–Crippen MR) is 68.1 cm³/mol. The van der Waals surface area contributed by atoms with Crippen LogP contribution in [0, 0.1) is 0 Å². The Morgan fingerprint density at radius 2 is 2.11 bits per heavy atom. The molecule has 3 aromatic heterocycles. The highest BCUT2D eigenvalue weighted by Crippen LogP contribution is 2.23. The summed E-state index contributed by atoms with van der Waals surface area (Å²) in [5.41, 5.74) is 3.93. The van der Waals surface area contributed by atoms with Crippen LogP contribution in [0.2, 0.25) is 0 Å². The van der Waals surface area contributed by atoms with Gasteiger partial charge >= 0.3 is 0 Å². The minimum Gasteiger partial charge on any atom is -0.278 e. The molecular formula is C13H9N5. The summed E-state index contributed by atoms with van der Waals surface area (Å²) in [5, 5.41) is 12.4. The van der Waals surface area contributed by atoms with Crippen molar-refractivity contribution in [3.63, 3.8) is 0 Å². The van der Waals surface area contributed by atoms with Crippen LogP contribution in [-0.2, 0) is 0 Å². The summed E-state index contributed by atoms with van der Waals surface area (Å²) in [6.45, 7) is 0. The number of hydrogen-bond acceptors (Lipinski definition) is 3. The largest absolute Gasteiger partial charge is 0.278 e. The lowest BCUT2D eigenvalue weighted by Crippen LogP contribution is -1.92. The van der Waals surface area contributed by atoms with Crippen LogP contribution in [0.15, 0.2) is 48.9 Å². The quantitative estimate of drug-likeness (QED) is 0.550. The number of nitrogens with zero attached hydrogens (tertiary/aromatic N) is 4. The normalized spacial score (nSPS) is 11.3. The second-order valence-electron chi connectivity index (χ2n) is 4.11. The minimum atomic E-state index is 0.847. The highest BCUT2D eigenvalue weighted by Gasteiger charge is 2.07. The van der Waals surface area contributed by atoms with E-state index >= 15 is 0 Å². The lowest BCUT2D eigenvalue weighted by molar-refractivity contribution is 0.943. The van der Waals surface area contributed by atoms with Gasteiger partial charge in [-0.3, -0.25) is 5.10 Å². The summed E-state index contributed by atoms with van der Waals surface area (Å²) >= 11 is 0. The molecule has 86 valence electrons. The van der Waals surface area contributed by atoms with Crippen molar-refractivity contribution in [1.82, 2.24) is 24.8 Å². The Morgan fingerprint density at radius 1 is 1.11 bits per heavy atom. The number of nitrogens with one attached hydrogen (secondary N) is 1. The molecule has 0 aliphatic rings. The maximum absolute atomic E-state index is 4.34. The average molecular weight is 235 g/mol. The number of imidazole rings is 1. The van der Waals surface area contributed by atoms with Crippen LogP contribution in [0.3, 0.4) is 0 Å². The number of hydrogen-bond donors (Lipinski definition) is 1. The Hall–Kier alpha value is -2.69. The average Bonchev–Trinajstić information content (AvgIpc) is 3.04. The summed E-state index contributed by atoms with van der Waals surface area (Å²) in [4.78, 5) is 4.34. The Bertz CT molecular complexity index is 842. The first kappa shape index (κ1) is 9.35. The summed E-state index contributed by atoms with van der Waals surface area (Å²) < 4.78 is 1.83. The smallest absolute Gasteiger partial charge is 0.154 e. The van der Waals surface area contributed by atoms with Crippen LogP contribution in [0.4, 0.5) is 0 Å². The summed E-state index contributed by atoms with van der Waals surface area (Å²) in [6.07, 6.45) is 5.41. The van der Waals surface area contributed by atoms with E-state index in [2.05, 4.69) is 26.3 Å². The number of fused-ring (bicyclic) bond motifs is 2. The molecule has 4 aromatic rings. The van der Waals surface area contributed by atoms with E-state index in [4.69, 9.17) is 0 Å². The SMILES string of the molecule is c1cnn2c(-c3ccc4[nH]ncc4c3)cnc2c1. The molecule has 5 nitrogen and oxygen atoms in total. The first-order chi connectivity index (χ1) is 8.92. The van der Waals surface area contributed by atoms with Gasteiger partial charge in [-0.2, -0.15) is 10.2 Å². The van der Waals surface area contributed by atoms with Crippen LogP contribution >= 0.6 is 0 Å². The van der Waals surface area contributed by atoms with E-state index in [0.29, 0.717) is 0 Å². The highest BCUT2D eigenvalue weighted by molar-refractivity contribution is 5.83. The summed E-state index contributed by atoms with van der Waals surface area (Å²) in [6, 6.07) is 9.95. The predicted octanol–water partition coefficient (Wildman–Crippen LogP) is 2.27. The van der Waals surface area contributed by atoms with Crippen molar-refractivity contribution in [3.05, 3.63) is 48.9 Å². The molecule has 1 aromatic carbocycles. The molecule has 1 N–H and O–H groups in total. The van der Waals surface area contributed by atoms with Gasteiger partial charge in [-0.25, -0.2) is 9.50 Å². The van der Waals surface area contributed by atoms with Gasteiger partial charge in [0.05, 0.1) is 23.6 Å². The fourth-order valence-electron chi connectivity index (χ4n) is 2.13. The molecule has 0 atom stereocenters. The van der Waals surface area contributed by atoms with Crippen molar-refractivity contribution in [3.8, 4) is 11.3 Å². The number of aromatic amines is 1. The number of rotatable bonds is 1. The zero-order chi connectivity index (χ0) is 11.9. The molecule has 0 bridgehead atoms. The van der Waals surface area contributed by atoms with E-state index in [-0.39, 0.29) is 0 Å². The summed E-state index contributed by atoms with van der Waals surface area (Å²) in [7, 11) is 0. The summed E-state index contributed by atoms with van der Waals surface area (Å²) in [5.74, 6) is 0. The molecule has 0 radical (unpaired) electrons. The van der Waals surface area contributed by atoms with Crippen molar-refractivity contribution in [2.24, 2.45) is 0 Å². The van der Waals surface area contributed by atoms with E-state index < -0.39 is 0 Å². The van der Waals surface area contributed by atoms with Gasteiger partial charge in [-0.15, -0.1) is 0 Å². The lowest BCUT2D eigenvalue weighted by atomic mass is 10.1. The van der Waals surface area contributed by atoms with Gasteiger partial charge in [-0.1, -0.05) is 6.07 Å². The first-order valence-electron chi connectivity index (χ1n) is 5.64. The molecule has 0 unspecified atom stereocenters. The van der Waals surface area contributed by atoms with Crippen LogP contribution < -0.4 is 0 Å². The maximum Gasteiger partial charge on any atom is 0.154 e. The number of benzene rings is 1. The van der Waals surface area contributed by atoms with Gasteiger partial charge in [-0.05, 0) is 24.3 Å². The monoisotopic (exact) mass is 235 g/mol. The Balaban J connectivity index is 2.00. The third kappa shape index (κ3) is 1.24. The Labute approximate surface area is 102 Å². The fourth-order valence-corrected chi connectivity index (χ4v) is 2.13. The molecule has 0 spiro atoms. The molecule has 0 saturated carbocycles. The van der Waals surface area contributed by atoms with Crippen molar-refractivity contribution in [1.29, 1.82) is 0 Å². The van der Waals surface area contributed by atoms with Gasteiger partial charge in [0.1, 0.15) is 0 Å². The second kappa shape index (κ2) is 3.40. The van der Waals surface area contributed by atoms with Crippen molar-refractivity contribution >= 4 is 16.6 Å². The highest BCUT2D eigenvalue weighted by atomic mass is 15.2. The minimum absolute atomic E-state index is 0.847. The Morgan fingerprint density at radius 3 is 3.11 bits per heavy atom. The topological polar surface area (TPSA) is 58.9 Å². The third-order valence-electron chi connectivity index (χ3n) is 3.01. The van der Waals surface area contributed by atoms with Crippen LogP contribution in [0.5, 0.6) is 0 Å². The zero-order valence-corrected chi connectivity index (χ0v) is 9.41. The fraction of sp³-hybridized carbons (Fsp3) is 0. The van der Waals surface area contributed by atoms with Gasteiger partial charge in [0.25, 0.3) is 0 Å². The van der Waals surface area contributed by atoms with Crippen molar-refractivity contribution in [2.75, 3.05) is 0 Å². The second-order valence-corrected chi connectivity index (χ2v) is 4.11. The first-order valence-corrected chi connectivity index (χ1v) is 5.64. The van der Waals surface area contributed by atoms with Crippen LogP contribution in [0.1, 0.15) is 0 Å². The van der Waals surface area contributed by atoms with Gasteiger partial charge in [0.2, 0.25) is 0 Å². The third-order valence-corrected chi connectivity index (χ3v) is 3.01. The van der Waals surface area contributed by atoms with E-state index in [1.165, 1.54) is 0 Å². The van der Waals surface area contributed by atoms with Crippen molar-refractivity contribution in [2.45, 2.75) is 0 Å². The maximum atomic E-state index is 4.34. The van der Waals surface area contributed by atoms with Crippen LogP contribution in [0.25, 0.3) is 27.8 Å². The van der Waals surface area contributed by atoms with Gasteiger partial charge in [0, 0.05) is 17.1 Å². The van der Waals surface area contributed by atoms with Gasteiger partial charge in [0.15, 0.2) is 5.65 Å². The molecule has 0 aliphatic carbocycles. The van der Waals surface area contributed by atoms with Crippen molar-refractivity contribution < 1.29 is 0 Å². The van der Waals surface area contributed by atoms with Crippen LogP contribution in [-0.4, -0.2) is 24.8 Å². The number of H-pyrrole nitrogens is 1. The molecule has 0 aliphatic heterocycles. The molecule has 0 fully saturated rings. The molecule has 3 heterocycles. The molecular weight excluding hydrogens is 226 g/mol. The molecule has 18 heavy (non-hydrogen) atoms. The molecule has 0 saturated heterocycles. The van der Waals surface area contributed by atoms with E-state index in [9.17, 15) is 0 Å². The standard InChI is InChI=1S/C13H9N5/c1-2-13-14-8-12(18(13)16-5-1)9-3-4-11-10(6-9)7-15-17-11/h1-8H,(H,15,17). The van der Waals surface area contributed by atoms with E-state index in [0.717, 1.165) is 27.8 Å². The van der Waals surface area contributed by atoms with Gasteiger partial charge < -0.3 is 0 Å². The zero-order valence-electron chi connectivity index (χ0n) is 9.41.